The van der Waals surface area contributed by atoms with Crippen LogP contribution in [0.3, 0.4) is 0 Å². The quantitative estimate of drug-likeness (QED) is 0.258. The Kier molecular flexibility index (Phi) is 6.55. The molecule has 0 atom stereocenters. The lowest BCUT2D eigenvalue weighted by Gasteiger charge is -2.11. The summed E-state index contributed by atoms with van der Waals surface area (Å²) in [5.74, 6) is 3.06. The van der Waals surface area contributed by atoms with Gasteiger partial charge in [0.25, 0.3) is 0 Å². The van der Waals surface area contributed by atoms with Crippen molar-refractivity contribution in [3.05, 3.63) is 84.1 Å². The van der Waals surface area contributed by atoms with Gasteiger partial charge in [-0.2, -0.15) is 0 Å². The molecule has 0 radical (unpaired) electrons. The van der Waals surface area contributed by atoms with Crippen molar-refractivity contribution >= 4 is 23.1 Å². The van der Waals surface area contributed by atoms with Gasteiger partial charge in [-0.1, -0.05) is 11.8 Å². The highest BCUT2D eigenvalue weighted by molar-refractivity contribution is 7.98. The first-order valence-electron chi connectivity index (χ1n) is 10.5. The molecule has 5 aromatic rings. The molecule has 9 heteroatoms. The van der Waals surface area contributed by atoms with Crippen LogP contribution in [-0.4, -0.2) is 39.0 Å². The van der Waals surface area contributed by atoms with E-state index < -0.39 is 0 Å². The highest BCUT2D eigenvalue weighted by Crippen LogP contribution is 2.32. The molecule has 3 aromatic heterocycles. The Bertz CT molecular complexity index is 1370. The number of thioether (sulfide) groups is 1. The number of benzene rings is 2. The number of methoxy groups -OCH3 is 2. The molecular formula is C25H21N5O2S2. The predicted octanol–water partition coefficient (Wildman–Crippen LogP) is 5.76. The Morgan fingerprint density at radius 1 is 0.824 bits per heavy atom. The molecule has 170 valence electrons. The number of hydrogen-bond acceptors (Lipinski definition) is 8. The van der Waals surface area contributed by atoms with Crippen molar-refractivity contribution in [2.45, 2.75) is 10.9 Å². The molecule has 0 saturated heterocycles. The van der Waals surface area contributed by atoms with E-state index in [0.717, 1.165) is 50.0 Å². The maximum absolute atomic E-state index is 5.32. The molecule has 0 aliphatic carbocycles. The third kappa shape index (κ3) is 4.66. The largest absolute Gasteiger partial charge is 0.497 e. The van der Waals surface area contributed by atoms with Gasteiger partial charge in [0.2, 0.25) is 0 Å². The topological polar surface area (TPSA) is 75.0 Å². The average Bonchev–Trinajstić information content (AvgIpc) is 3.55. The summed E-state index contributed by atoms with van der Waals surface area (Å²) in [6.45, 7) is 0. The van der Waals surface area contributed by atoms with Crippen LogP contribution in [0.25, 0.3) is 27.6 Å². The average molecular weight is 488 g/mol. The van der Waals surface area contributed by atoms with Gasteiger partial charge in [0.1, 0.15) is 16.5 Å². The maximum Gasteiger partial charge on any atom is 0.196 e. The summed E-state index contributed by atoms with van der Waals surface area (Å²) in [6.07, 6.45) is 3.51. The van der Waals surface area contributed by atoms with Gasteiger partial charge in [-0.25, -0.2) is 4.98 Å². The van der Waals surface area contributed by atoms with E-state index >= 15 is 0 Å². The number of hydrogen-bond donors (Lipinski definition) is 0. The van der Waals surface area contributed by atoms with Crippen molar-refractivity contribution in [2.75, 3.05) is 14.2 Å². The van der Waals surface area contributed by atoms with Gasteiger partial charge in [-0.05, 0) is 60.7 Å². The zero-order valence-electron chi connectivity index (χ0n) is 18.6. The zero-order valence-corrected chi connectivity index (χ0v) is 20.2. The molecule has 0 fully saturated rings. The molecule has 2 aromatic carbocycles. The lowest BCUT2D eigenvalue weighted by atomic mass is 10.2. The smallest absolute Gasteiger partial charge is 0.196 e. The van der Waals surface area contributed by atoms with Gasteiger partial charge in [-0.3, -0.25) is 9.55 Å². The molecule has 0 aliphatic heterocycles. The van der Waals surface area contributed by atoms with E-state index in [2.05, 4.69) is 25.1 Å². The lowest BCUT2D eigenvalue weighted by Crippen LogP contribution is -2.00. The molecule has 0 unspecified atom stereocenters. The molecule has 0 amide bonds. The first kappa shape index (κ1) is 22.1. The van der Waals surface area contributed by atoms with Crippen LogP contribution in [0.4, 0.5) is 0 Å². The summed E-state index contributed by atoms with van der Waals surface area (Å²) in [5.41, 5.74) is 3.97. The predicted molar refractivity (Wildman–Crippen MR) is 135 cm³/mol. The summed E-state index contributed by atoms with van der Waals surface area (Å²) in [5, 5.41) is 12.8. The minimum absolute atomic E-state index is 0.678. The van der Waals surface area contributed by atoms with E-state index in [1.807, 2.05) is 60.7 Å². The standard InChI is InChI=1S/C25H21N5O2S2/c1-31-21-7-3-18(4-8-21)24-27-19(15-33-24)16-34-25-29-28-23(17-11-13-26-14-12-17)30(25)20-5-9-22(32-2)10-6-20/h3-15H,16H2,1-2H3. The van der Waals surface area contributed by atoms with Gasteiger partial charge in [0.15, 0.2) is 11.0 Å². The fraction of sp³-hybridized carbons (Fsp3) is 0.120. The highest BCUT2D eigenvalue weighted by Gasteiger charge is 2.17. The number of pyridine rings is 1. The van der Waals surface area contributed by atoms with E-state index in [-0.39, 0.29) is 0 Å². The van der Waals surface area contributed by atoms with Gasteiger partial charge in [0.05, 0.1) is 19.9 Å². The van der Waals surface area contributed by atoms with E-state index in [0.29, 0.717) is 5.75 Å². The molecule has 0 bridgehead atoms. The van der Waals surface area contributed by atoms with Gasteiger partial charge >= 0.3 is 0 Å². The summed E-state index contributed by atoms with van der Waals surface area (Å²) >= 11 is 3.23. The Morgan fingerprint density at radius 3 is 2.18 bits per heavy atom. The second-order valence-electron chi connectivity index (χ2n) is 7.24. The number of thiazole rings is 1. The summed E-state index contributed by atoms with van der Waals surface area (Å²) in [6, 6.07) is 19.7. The molecule has 7 nitrogen and oxygen atoms in total. The minimum Gasteiger partial charge on any atom is -0.497 e. The van der Waals surface area contributed by atoms with Crippen LogP contribution < -0.4 is 9.47 Å². The van der Waals surface area contributed by atoms with Crippen molar-refractivity contribution in [3.63, 3.8) is 0 Å². The third-order valence-electron chi connectivity index (χ3n) is 5.14. The van der Waals surface area contributed by atoms with Crippen molar-refractivity contribution in [2.24, 2.45) is 0 Å². The van der Waals surface area contributed by atoms with Gasteiger partial charge in [-0.15, -0.1) is 21.5 Å². The Morgan fingerprint density at radius 2 is 1.50 bits per heavy atom. The number of rotatable bonds is 8. The molecule has 34 heavy (non-hydrogen) atoms. The van der Waals surface area contributed by atoms with Crippen molar-refractivity contribution < 1.29 is 9.47 Å². The van der Waals surface area contributed by atoms with Crippen LogP contribution in [-0.2, 0) is 5.75 Å². The maximum atomic E-state index is 5.32. The van der Waals surface area contributed by atoms with Crippen LogP contribution in [0.1, 0.15) is 5.69 Å². The van der Waals surface area contributed by atoms with Crippen molar-refractivity contribution in [1.29, 1.82) is 0 Å². The fourth-order valence-electron chi connectivity index (χ4n) is 3.39. The van der Waals surface area contributed by atoms with Crippen LogP contribution in [0, 0.1) is 0 Å². The third-order valence-corrected chi connectivity index (χ3v) is 7.04. The Labute approximate surface area is 205 Å². The highest BCUT2D eigenvalue weighted by atomic mass is 32.2. The van der Waals surface area contributed by atoms with E-state index in [1.165, 1.54) is 0 Å². The summed E-state index contributed by atoms with van der Waals surface area (Å²) in [4.78, 5) is 8.94. The van der Waals surface area contributed by atoms with E-state index in [9.17, 15) is 0 Å². The first-order chi connectivity index (χ1) is 16.7. The Hall–Kier alpha value is -3.69. The van der Waals surface area contributed by atoms with Crippen LogP contribution in [0.15, 0.2) is 83.6 Å². The van der Waals surface area contributed by atoms with E-state index in [1.54, 1.807) is 49.7 Å². The number of aromatic nitrogens is 5. The summed E-state index contributed by atoms with van der Waals surface area (Å²) in [7, 11) is 3.32. The Balaban J connectivity index is 1.41. The zero-order chi connectivity index (χ0) is 23.3. The first-order valence-corrected chi connectivity index (χ1v) is 12.3. The monoisotopic (exact) mass is 487 g/mol. The normalized spacial score (nSPS) is 10.9. The van der Waals surface area contributed by atoms with Crippen molar-refractivity contribution in [1.82, 2.24) is 24.7 Å². The molecule has 0 saturated carbocycles. The molecule has 0 N–H and O–H groups in total. The second-order valence-corrected chi connectivity index (χ2v) is 9.04. The van der Waals surface area contributed by atoms with Gasteiger partial charge < -0.3 is 9.47 Å². The fourth-order valence-corrected chi connectivity index (χ4v) is 5.17. The molecule has 0 aliphatic rings. The second kappa shape index (κ2) is 10.1. The molecule has 5 rings (SSSR count). The molecule has 0 spiro atoms. The summed E-state index contributed by atoms with van der Waals surface area (Å²) < 4.78 is 12.6. The lowest BCUT2D eigenvalue weighted by molar-refractivity contribution is 0.414. The number of nitrogens with zero attached hydrogens (tertiary/aromatic N) is 5. The molecular weight excluding hydrogens is 466 g/mol. The van der Waals surface area contributed by atoms with E-state index in [4.69, 9.17) is 14.5 Å². The SMILES string of the molecule is COc1ccc(-c2nc(CSc3nnc(-c4ccncc4)n3-c3ccc(OC)cc3)cs2)cc1. The van der Waals surface area contributed by atoms with Crippen LogP contribution in [0.2, 0.25) is 0 Å². The molecule has 3 heterocycles. The van der Waals surface area contributed by atoms with Crippen LogP contribution >= 0.6 is 23.1 Å². The van der Waals surface area contributed by atoms with Crippen LogP contribution in [0.5, 0.6) is 11.5 Å². The van der Waals surface area contributed by atoms with Crippen molar-refractivity contribution in [3.8, 4) is 39.1 Å². The van der Waals surface area contributed by atoms with Gasteiger partial charge in [0, 0.05) is 40.3 Å². The minimum atomic E-state index is 0.678. The number of ether oxygens (including phenoxy) is 2.